The van der Waals surface area contributed by atoms with Crippen LogP contribution in [0.15, 0.2) is 66.9 Å². The van der Waals surface area contributed by atoms with Gasteiger partial charge in [0.1, 0.15) is 23.1 Å². The van der Waals surface area contributed by atoms with Crippen LogP contribution in [-0.2, 0) is 6.54 Å². The number of nitrogens with one attached hydrogen (secondary N) is 1. The van der Waals surface area contributed by atoms with Crippen LogP contribution in [0.5, 0.6) is 11.5 Å². The monoisotopic (exact) mass is 337 g/mol. The Labute approximate surface area is 144 Å². The molecular formula is C19H16FN3O2. The number of rotatable bonds is 5. The minimum Gasteiger partial charge on any atom is -0.457 e. The van der Waals surface area contributed by atoms with Gasteiger partial charge in [-0.2, -0.15) is 0 Å². The topological polar surface area (TPSA) is 77.2 Å². The molecule has 0 saturated heterocycles. The molecular weight excluding hydrogens is 321 g/mol. The molecule has 3 rings (SSSR count). The first-order valence-electron chi connectivity index (χ1n) is 7.63. The molecule has 0 fully saturated rings. The van der Waals surface area contributed by atoms with Crippen LogP contribution < -0.4 is 15.8 Å². The summed E-state index contributed by atoms with van der Waals surface area (Å²) in [6.45, 7) is 0.313. The Morgan fingerprint density at radius 1 is 1.08 bits per heavy atom. The van der Waals surface area contributed by atoms with Gasteiger partial charge in [-0.1, -0.05) is 12.1 Å². The Kier molecular flexibility index (Phi) is 4.89. The first kappa shape index (κ1) is 16.4. The van der Waals surface area contributed by atoms with Gasteiger partial charge in [-0.3, -0.25) is 4.79 Å². The van der Waals surface area contributed by atoms with E-state index in [0.29, 0.717) is 23.6 Å². The highest BCUT2D eigenvalue weighted by Gasteiger charge is 2.09. The molecule has 0 atom stereocenters. The molecule has 1 heterocycles. The Morgan fingerprint density at radius 2 is 1.88 bits per heavy atom. The number of carbonyl (C=O) groups is 1. The van der Waals surface area contributed by atoms with E-state index in [1.807, 2.05) is 12.1 Å². The first-order valence-corrected chi connectivity index (χ1v) is 7.63. The minimum absolute atomic E-state index is 0.188. The van der Waals surface area contributed by atoms with Crippen molar-refractivity contribution in [3.05, 3.63) is 83.8 Å². The molecule has 0 aliphatic heterocycles. The molecule has 5 nitrogen and oxygen atoms in total. The molecule has 1 amide bonds. The molecule has 0 saturated carbocycles. The van der Waals surface area contributed by atoms with Crippen molar-refractivity contribution in [2.75, 3.05) is 5.73 Å². The second-order valence-corrected chi connectivity index (χ2v) is 5.32. The number of aromatic nitrogens is 1. The molecule has 0 radical (unpaired) electrons. The zero-order valence-corrected chi connectivity index (χ0v) is 13.3. The quantitative estimate of drug-likeness (QED) is 0.747. The predicted molar refractivity (Wildman–Crippen MR) is 92.7 cm³/mol. The SMILES string of the molecule is Nc1ncccc1C(=O)NCc1cccc(Oc2ccc(F)cc2)c1. The van der Waals surface area contributed by atoms with Gasteiger partial charge in [0.05, 0.1) is 5.56 Å². The molecule has 25 heavy (non-hydrogen) atoms. The van der Waals surface area contributed by atoms with E-state index < -0.39 is 0 Å². The zero-order chi connectivity index (χ0) is 17.6. The molecule has 0 aliphatic carbocycles. The standard InChI is InChI=1S/C19H16FN3O2/c20-14-6-8-15(9-7-14)25-16-4-1-3-13(11-16)12-23-19(24)17-5-2-10-22-18(17)21/h1-11H,12H2,(H2,21,22)(H,23,24). The number of anilines is 1. The summed E-state index contributed by atoms with van der Waals surface area (Å²) < 4.78 is 18.6. The van der Waals surface area contributed by atoms with Crippen LogP contribution in [0.4, 0.5) is 10.2 Å². The van der Waals surface area contributed by atoms with Gasteiger partial charge in [-0.25, -0.2) is 9.37 Å². The van der Waals surface area contributed by atoms with E-state index in [0.717, 1.165) is 5.56 Å². The summed E-state index contributed by atoms with van der Waals surface area (Å²) in [5, 5.41) is 2.79. The van der Waals surface area contributed by atoms with Crippen LogP contribution in [0.25, 0.3) is 0 Å². The van der Waals surface area contributed by atoms with Crippen LogP contribution in [0.3, 0.4) is 0 Å². The van der Waals surface area contributed by atoms with E-state index in [-0.39, 0.29) is 17.5 Å². The van der Waals surface area contributed by atoms with Crippen LogP contribution in [0.2, 0.25) is 0 Å². The van der Waals surface area contributed by atoms with Crippen molar-refractivity contribution in [3.8, 4) is 11.5 Å². The average Bonchev–Trinajstić information content (AvgIpc) is 2.62. The van der Waals surface area contributed by atoms with E-state index >= 15 is 0 Å². The zero-order valence-electron chi connectivity index (χ0n) is 13.3. The molecule has 1 aromatic heterocycles. The maximum atomic E-state index is 12.9. The van der Waals surface area contributed by atoms with Gasteiger partial charge in [-0.15, -0.1) is 0 Å². The molecule has 0 spiro atoms. The lowest BCUT2D eigenvalue weighted by atomic mass is 10.2. The van der Waals surface area contributed by atoms with Gasteiger partial charge in [0.2, 0.25) is 0 Å². The van der Waals surface area contributed by atoms with Crippen molar-refractivity contribution in [1.82, 2.24) is 10.3 Å². The number of nitrogen functional groups attached to an aromatic ring is 1. The maximum absolute atomic E-state index is 12.9. The summed E-state index contributed by atoms with van der Waals surface area (Å²) in [5.41, 5.74) is 6.88. The summed E-state index contributed by atoms with van der Waals surface area (Å²) in [7, 11) is 0. The molecule has 2 aromatic carbocycles. The number of halogens is 1. The Morgan fingerprint density at radius 3 is 2.64 bits per heavy atom. The van der Waals surface area contributed by atoms with Crippen LogP contribution >= 0.6 is 0 Å². The number of carbonyl (C=O) groups excluding carboxylic acids is 1. The van der Waals surface area contributed by atoms with E-state index in [1.165, 1.54) is 18.3 Å². The smallest absolute Gasteiger partial charge is 0.255 e. The summed E-state index contributed by atoms with van der Waals surface area (Å²) in [6, 6.07) is 16.3. The molecule has 126 valence electrons. The van der Waals surface area contributed by atoms with Crippen molar-refractivity contribution in [2.24, 2.45) is 0 Å². The summed E-state index contributed by atoms with van der Waals surface area (Å²) in [4.78, 5) is 16.0. The summed E-state index contributed by atoms with van der Waals surface area (Å²) in [6.07, 6.45) is 1.53. The molecule has 0 aliphatic rings. The second kappa shape index (κ2) is 7.44. The number of ether oxygens (including phenoxy) is 1. The number of benzene rings is 2. The third-order valence-electron chi connectivity index (χ3n) is 3.48. The molecule has 3 N–H and O–H groups in total. The fourth-order valence-corrected chi connectivity index (χ4v) is 2.24. The second-order valence-electron chi connectivity index (χ2n) is 5.32. The van der Waals surface area contributed by atoms with Crippen LogP contribution in [0, 0.1) is 5.82 Å². The van der Waals surface area contributed by atoms with E-state index in [9.17, 15) is 9.18 Å². The van der Waals surface area contributed by atoms with Crippen molar-refractivity contribution in [3.63, 3.8) is 0 Å². The van der Waals surface area contributed by atoms with E-state index in [4.69, 9.17) is 10.5 Å². The fourth-order valence-electron chi connectivity index (χ4n) is 2.24. The Balaban J connectivity index is 1.64. The largest absolute Gasteiger partial charge is 0.457 e. The number of hydrogen-bond acceptors (Lipinski definition) is 4. The van der Waals surface area contributed by atoms with Crippen molar-refractivity contribution < 1.29 is 13.9 Å². The number of hydrogen-bond donors (Lipinski definition) is 2. The highest BCUT2D eigenvalue weighted by Crippen LogP contribution is 2.22. The fraction of sp³-hybridized carbons (Fsp3) is 0.0526. The summed E-state index contributed by atoms with van der Waals surface area (Å²) in [5.74, 6) is 0.701. The lowest BCUT2D eigenvalue weighted by Crippen LogP contribution is -2.24. The molecule has 6 heteroatoms. The summed E-state index contributed by atoms with van der Waals surface area (Å²) >= 11 is 0. The van der Waals surface area contributed by atoms with E-state index in [1.54, 1.807) is 36.4 Å². The van der Waals surface area contributed by atoms with Gasteiger partial charge in [-0.05, 0) is 54.1 Å². The van der Waals surface area contributed by atoms with Gasteiger partial charge in [0, 0.05) is 12.7 Å². The van der Waals surface area contributed by atoms with Crippen molar-refractivity contribution >= 4 is 11.7 Å². The number of pyridine rings is 1. The molecule has 3 aromatic rings. The highest BCUT2D eigenvalue weighted by atomic mass is 19.1. The number of amides is 1. The molecule has 0 unspecified atom stereocenters. The van der Waals surface area contributed by atoms with Crippen molar-refractivity contribution in [2.45, 2.75) is 6.54 Å². The molecule has 0 bridgehead atoms. The third-order valence-corrected chi connectivity index (χ3v) is 3.48. The van der Waals surface area contributed by atoms with Crippen LogP contribution in [0.1, 0.15) is 15.9 Å². The average molecular weight is 337 g/mol. The van der Waals surface area contributed by atoms with Crippen LogP contribution in [-0.4, -0.2) is 10.9 Å². The first-order chi connectivity index (χ1) is 12.1. The highest BCUT2D eigenvalue weighted by molar-refractivity contribution is 5.98. The lowest BCUT2D eigenvalue weighted by Gasteiger charge is -2.09. The minimum atomic E-state index is -0.321. The van der Waals surface area contributed by atoms with Gasteiger partial charge in [0.25, 0.3) is 5.91 Å². The van der Waals surface area contributed by atoms with Crippen molar-refractivity contribution in [1.29, 1.82) is 0 Å². The van der Waals surface area contributed by atoms with Gasteiger partial charge < -0.3 is 15.8 Å². The normalized spacial score (nSPS) is 10.3. The van der Waals surface area contributed by atoms with Gasteiger partial charge in [0.15, 0.2) is 0 Å². The van der Waals surface area contributed by atoms with E-state index in [2.05, 4.69) is 10.3 Å². The number of nitrogens with zero attached hydrogens (tertiary/aromatic N) is 1. The Hall–Kier alpha value is -3.41. The predicted octanol–water partition coefficient (Wildman–Crippen LogP) is 3.53. The van der Waals surface area contributed by atoms with Gasteiger partial charge >= 0.3 is 0 Å². The number of nitrogens with two attached hydrogens (primary N) is 1. The lowest BCUT2D eigenvalue weighted by molar-refractivity contribution is 0.0951. The third kappa shape index (κ3) is 4.32. The Bertz CT molecular complexity index is 882. The maximum Gasteiger partial charge on any atom is 0.255 e.